The molecule has 0 bridgehead atoms. The number of aryl methyl sites for hydroxylation is 1. The van der Waals surface area contributed by atoms with Crippen LogP contribution in [0.25, 0.3) is 0 Å². The highest BCUT2D eigenvalue weighted by Gasteiger charge is 2.13. The van der Waals surface area contributed by atoms with Crippen LogP contribution in [0.3, 0.4) is 0 Å². The van der Waals surface area contributed by atoms with Crippen molar-refractivity contribution in [3.05, 3.63) is 58.1 Å². The highest BCUT2D eigenvalue weighted by Crippen LogP contribution is 2.24. The molecular formula is C15H17BrN2O2S. The van der Waals surface area contributed by atoms with Gasteiger partial charge in [-0.15, -0.1) is 0 Å². The van der Waals surface area contributed by atoms with E-state index in [2.05, 4.69) is 21.2 Å². The summed E-state index contributed by atoms with van der Waals surface area (Å²) in [6.45, 7) is 3.74. The lowest BCUT2D eigenvalue weighted by molar-refractivity contribution is 0.597. The van der Waals surface area contributed by atoms with E-state index >= 15 is 0 Å². The van der Waals surface area contributed by atoms with Crippen molar-refractivity contribution in [1.29, 1.82) is 0 Å². The molecule has 6 heteroatoms. The SMILES string of the molecule is Cc1ccc(NC(C)c2ccc(Br)cc2)cc1S(N)(=O)=O. The van der Waals surface area contributed by atoms with Crippen LogP contribution in [-0.4, -0.2) is 8.42 Å². The number of hydrogen-bond acceptors (Lipinski definition) is 3. The molecule has 21 heavy (non-hydrogen) atoms. The van der Waals surface area contributed by atoms with Crippen LogP contribution in [0, 0.1) is 6.92 Å². The first-order valence-corrected chi connectivity index (χ1v) is 8.77. The summed E-state index contributed by atoms with van der Waals surface area (Å²) in [5.74, 6) is 0. The van der Waals surface area contributed by atoms with Crippen molar-refractivity contribution in [3.8, 4) is 0 Å². The third-order valence-corrected chi connectivity index (χ3v) is 4.83. The average Bonchev–Trinajstić information content (AvgIpc) is 2.40. The number of rotatable bonds is 4. The van der Waals surface area contributed by atoms with Crippen LogP contribution in [0.15, 0.2) is 51.8 Å². The number of primary sulfonamides is 1. The Bertz CT molecular complexity index is 743. The van der Waals surface area contributed by atoms with Gasteiger partial charge in [-0.05, 0) is 49.2 Å². The number of hydrogen-bond donors (Lipinski definition) is 2. The second-order valence-electron chi connectivity index (χ2n) is 4.94. The first-order chi connectivity index (χ1) is 9.77. The molecule has 0 radical (unpaired) electrons. The molecule has 0 aliphatic carbocycles. The maximum absolute atomic E-state index is 11.5. The molecule has 1 unspecified atom stereocenters. The molecule has 0 amide bonds. The normalized spacial score (nSPS) is 13.0. The largest absolute Gasteiger partial charge is 0.378 e. The number of halogens is 1. The summed E-state index contributed by atoms with van der Waals surface area (Å²) in [6, 6.07) is 13.2. The summed E-state index contributed by atoms with van der Waals surface area (Å²) < 4.78 is 24.1. The first kappa shape index (κ1) is 16.0. The van der Waals surface area contributed by atoms with Gasteiger partial charge in [0.25, 0.3) is 0 Å². The molecule has 0 spiro atoms. The topological polar surface area (TPSA) is 72.2 Å². The molecular weight excluding hydrogens is 352 g/mol. The summed E-state index contributed by atoms with van der Waals surface area (Å²) in [7, 11) is -3.71. The van der Waals surface area contributed by atoms with Crippen molar-refractivity contribution < 1.29 is 8.42 Å². The van der Waals surface area contributed by atoms with Gasteiger partial charge >= 0.3 is 0 Å². The third kappa shape index (κ3) is 4.06. The van der Waals surface area contributed by atoms with Gasteiger partial charge in [-0.25, -0.2) is 13.6 Å². The van der Waals surface area contributed by atoms with E-state index in [0.717, 1.165) is 15.7 Å². The van der Waals surface area contributed by atoms with Crippen molar-refractivity contribution in [1.82, 2.24) is 0 Å². The maximum Gasteiger partial charge on any atom is 0.238 e. The second kappa shape index (κ2) is 6.17. The third-order valence-electron chi connectivity index (χ3n) is 3.25. The number of nitrogens with one attached hydrogen (secondary N) is 1. The first-order valence-electron chi connectivity index (χ1n) is 6.43. The van der Waals surface area contributed by atoms with Gasteiger partial charge in [-0.1, -0.05) is 34.1 Å². The predicted molar refractivity (Wildman–Crippen MR) is 88.7 cm³/mol. The van der Waals surface area contributed by atoms with Crippen LogP contribution < -0.4 is 10.5 Å². The van der Waals surface area contributed by atoms with Crippen molar-refractivity contribution in [2.75, 3.05) is 5.32 Å². The van der Waals surface area contributed by atoms with Crippen molar-refractivity contribution in [3.63, 3.8) is 0 Å². The zero-order chi connectivity index (χ0) is 15.6. The standard InChI is InChI=1S/C15H17BrN2O2S/c1-10-3-8-14(9-15(10)21(17,19)20)18-11(2)12-4-6-13(16)7-5-12/h3-9,11,18H,1-2H3,(H2,17,19,20). The van der Waals surface area contributed by atoms with Gasteiger partial charge in [0, 0.05) is 16.2 Å². The Morgan fingerprint density at radius 3 is 2.33 bits per heavy atom. The van der Waals surface area contributed by atoms with Crippen LogP contribution in [0.5, 0.6) is 0 Å². The fourth-order valence-electron chi connectivity index (χ4n) is 2.08. The number of nitrogens with two attached hydrogens (primary N) is 1. The van der Waals surface area contributed by atoms with E-state index in [1.165, 1.54) is 0 Å². The minimum Gasteiger partial charge on any atom is -0.378 e. The molecule has 2 rings (SSSR count). The lowest BCUT2D eigenvalue weighted by atomic mass is 10.1. The van der Waals surface area contributed by atoms with Crippen LogP contribution in [0.1, 0.15) is 24.1 Å². The molecule has 0 aromatic heterocycles. The molecule has 0 saturated carbocycles. The molecule has 2 aromatic rings. The van der Waals surface area contributed by atoms with E-state index in [4.69, 9.17) is 5.14 Å². The summed E-state index contributed by atoms with van der Waals surface area (Å²) >= 11 is 3.40. The Morgan fingerprint density at radius 2 is 1.76 bits per heavy atom. The van der Waals surface area contributed by atoms with Gasteiger partial charge in [-0.3, -0.25) is 0 Å². The van der Waals surface area contributed by atoms with Crippen LogP contribution in [-0.2, 0) is 10.0 Å². The van der Waals surface area contributed by atoms with E-state index in [0.29, 0.717) is 5.56 Å². The molecule has 1 atom stereocenters. The lowest BCUT2D eigenvalue weighted by Gasteiger charge is -2.17. The zero-order valence-electron chi connectivity index (χ0n) is 11.8. The highest BCUT2D eigenvalue weighted by molar-refractivity contribution is 9.10. The van der Waals surface area contributed by atoms with Crippen LogP contribution in [0.4, 0.5) is 5.69 Å². The maximum atomic E-state index is 11.5. The Hall–Kier alpha value is -1.37. The van der Waals surface area contributed by atoms with Crippen LogP contribution in [0.2, 0.25) is 0 Å². The van der Waals surface area contributed by atoms with Crippen molar-refractivity contribution in [2.24, 2.45) is 5.14 Å². The van der Waals surface area contributed by atoms with E-state index in [-0.39, 0.29) is 10.9 Å². The molecule has 3 N–H and O–H groups in total. The fourth-order valence-corrected chi connectivity index (χ4v) is 3.15. The molecule has 0 saturated heterocycles. The molecule has 4 nitrogen and oxygen atoms in total. The lowest BCUT2D eigenvalue weighted by Crippen LogP contribution is -2.14. The van der Waals surface area contributed by atoms with E-state index in [9.17, 15) is 8.42 Å². The zero-order valence-corrected chi connectivity index (χ0v) is 14.2. The Kier molecular flexibility index (Phi) is 4.70. The summed E-state index contributed by atoms with van der Waals surface area (Å²) in [5, 5.41) is 8.51. The summed E-state index contributed by atoms with van der Waals surface area (Å²) in [4.78, 5) is 0.149. The van der Waals surface area contributed by atoms with E-state index < -0.39 is 10.0 Å². The minimum absolute atomic E-state index is 0.0501. The van der Waals surface area contributed by atoms with Gasteiger partial charge < -0.3 is 5.32 Å². The molecule has 0 aliphatic heterocycles. The van der Waals surface area contributed by atoms with Gasteiger partial charge in [-0.2, -0.15) is 0 Å². The summed E-state index contributed by atoms with van der Waals surface area (Å²) in [6.07, 6.45) is 0. The molecule has 112 valence electrons. The second-order valence-corrected chi connectivity index (χ2v) is 7.39. The van der Waals surface area contributed by atoms with Crippen LogP contribution >= 0.6 is 15.9 Å². The Balaban J connectivity index is 2.26. The van der Waals surface area contributed by atoms with Crippen molar-refractivity contribution in [2.45, 2.75) is 24.8 Å². The van der Waals surface area contributed by atoms with Gasteiger partial charge in [0.1, 0.15) is 0 Å². The van der Waals surface area contributed by atoms with Crippen molar-refractivity contribution >= 4 is 31.6 Å². The quantitative estimate of drug-likeness (QED) is 0.865. The smallest absolute Gasteiger partial charge is 0.238 e. The number of sulfonamides is 1. The Labute approximate surface area is 133 Å². The van der Waals surface area contributed by atoms with Gasteiger partial charge in [0.15, 0.2) is 0 Å². The minimum atomic E-state index is -3.71. The highest BCUT2D eigenvalue weighted by atomic mass is 79.9. The molecule has 0 heterocycles. The Morgan fingerprint density at radius 1 is 1.14 bits per heavy atom. The molecule has 0 aliphatic rings. The van der Waals surface area contributed by atoms with E-state index in [1.54, 1.807) is 19.1 Å². The fraction of sp³-hybridized carbons (Fsp3) is 0.200. The number of benzene rings is 2. The molecule has 0 fully saturated rings. The molecule has 2 aromatic carbocycles. The summed E-state index contributed by atoms with van der Waals surface area (Å²) in [5.41, 5.74) is 2.47. The van der Waals surface area contributed by atoms with Gasteiger partial charge in [0.05, 0.1) is 4.90 Å². The van der Waals surface area contributed by atoms with E-state index in [1.807, 2.05) is 37.3 Å². The average molecular weight is 369 g/mol. The number of anilines is 1. The van der Waals surface area contributed by atoms with Gasteiger partial charge in [0.2, 0.25) is 10.0 Å². The predicted octanol–water partition coefficient (Wildman–Crippen LogP) is 3.58. The monoisotopic (exact) mass is 368 g/mol.